The van der Waals surface area contributed by atoms with Crippen molar-refractivity contribution in [3.8, 4) is 23.3 Å². The van der Waals surface area contributed by atoms with Gasteiger partial charge in [-0.25, -0.2) is 4.79 Å². The number of rotatable bonds is 2. The van der Waals surface area contributed by atoms with E-state index in [-0.39, 0.29) is 5.75 Å². The molecule has 4 nitrogen and oxygen atoms in total. The van der Waals surface area contributed by atoms with Crippen LogP contribution in [-0.4, -0.2) is 20.4 Å². The molecule has 106 valence electrons. The molecule has 0 fully saturated rings. The van der Waals surface area contributed by atoms with Crippen molar-refractivity contribution >= 4 is 6.16 Å². The van der Waals surface area contributed by atoms with E-state index in [1.54, 1.807) is 18.2 Å². The van der Waals surface area contributed by atoms with Crippen LogP contribution >= 0.6 is 0 Å². The summed E-state index contributed by atoms with van der Waals surface area (Å²) in [6.45, 7) is 0. The number of methoxy groups -OCH3 is 2. The fourth-order valence-corrected chi connectivity index (χ4v) is 1.63. The number of carbonyl (C=O) groups is 1. The Kier molecular flexibility index (Phi) is 4.84. The van der Waals surface area contributed by atoms with Crippen molar-refractivity contribution in [3.05, 3.63) is 59.7 Å². The van der Waals surface area contributed by atoms with Crippen molar-refractivity contribution in [1.82, 2.24) is 0 Å². The molecule has 0 aliphatic carbocycles. The zero-order valence-electron chi connectivity index (χ0n) is 11.8. The topological polar surface area (TPSA) is 44.8 Å². The lowest BCUT2D eigenvalue weighted by Crippen LogP contribution is -2.08. The lowest BCUT2D eigenvalue weighted by atomic mass is 10.1. The summed E-state index contributed by atoms with van der Waals surface area (Å²) in [5, 5.41) is 0. The molecule has 0 saturated heterocycles. The van der Waals surface area contributed by atoms with Crippen molar-refractivity contribution in [2.45, 2.75) is 0 Å². The third-order valence-electron chi connectivity index (χ3n) is 2.65. The van der Waals surface area contributed by atoms with Crippen LogP contribution in [0.25, 0.3) is 0 Å². The first-order chi connectivity index (χ1) is 10.2. The molecule has 0 aliphatic rings. The SMILES string of the molecule is COC(=O)Oc1ccc(C#Cc2ccccc2)cc1OC. The molecule has 0 aromatic heterocycles. The Morgan fingerprint density at radius 3 is 2.29 bits per heavy atom. The number of hydrogen-bond donors (Lipinski definition) is 0. The monoisotopic (exact) mass is 282 g/mol. The molecule has 0 saturated carbocycles. The van der Waals surface area contributed by atoms with Gasteiger partial charge in [0, 0.05) is 11.1 Å². The highest BCUT2D eigenvalue weighted by molar-refractivity contribution is 5.65. The third-order valence-corrected chi connectivity index (χ3v) is 2.65. The van der Waals surface area contributed by atoms with Crippen molar-refractivity contribution in [2.75, 3.05) is 14.2 Å². The number of hydrogen-bond acceptors (Lipinski definition) is 4. The largest absolute Gasteiger partial charge is 0.513 e. The van der Waals surface area contributed by atoms with Crippen LogP contribution in [0.3, 0.4) is 0 Å². The molecule has 4 heteroatoms. The lowest BCUT2D eigenvalue weighted by Gasteiger charge is -2.08. The smallest absolute Gasteiger partial charge is 0.493 e. The molecule has 2 aromatic carbocycles. The zero-order chi connectivity index (χ0) is 15.1. The maximum absolute atomic E-state index is 11.1. The Balaban J connectivity index is 2.23. The number of carbonyl (C=O) groups excluding carboxylic acids is 1. The molecule has 0 radical (unpaired) electrons. The van der Waals surface area contributed by atoms with E-state index in [1.807, 2.05) is 30.3 Å². The molecular formula is C17H14O4. The van der Waals surface area contributed by atoms with Gasteiger partial charge in [-0.05, 0) is 30.3 Å². The van der Waals surface area contributed by atoms with Crippen molar-refractivity contribution in [3.63, 3.8) is 0 Å². The Labute approximate surface area is 123 Å². The summed E-state index contributed by atoms with van der Waals surface area (Å²) in [5.41, 5.74) is 1.68. The highest BCUT2D eigenvalue weighted by Gasteiger charge is 2.10. The zero-order valence-corrected chi connectivity index (χ0v) is 11.8. The van der Waals surface area contributed by atoms with Gasteiger partial charge >= 0.3 is 6.16 Å². The molecule has 0 bridgehead atoms. The molecule has 0 N–H and O–H groups in total. The molecule has 2 aromatic rings. The van der Waals surface area contributed by atoms with Crippen LogP contribution < -0.4 is 9.47 Å². The van der Waals surface area contributed by atoms with E-state index in [0.717, 1.165) is 11.1 Å². The molecule has 21 heavy (non-hydrogen) atoms. The van der Waals surface area contributed by atoms with E-state index in [2.05, 4.69) is 16.6 Å². The van der Waals surface area contributed by atoms with Crippen molar-refractivity contribution in [1.29, 1.82) is 0 Å². The average Bonchev–Trinajstić information content (AvgIpc) is 2.54. The van der Waals surface area contributed by atoms with Gasteiger partial charge in [-0.1, -0.05) is 30.0 Å². The standard InChI is InChI=1S/C17H14O4/c1-19-16-12-14(9-8-13-6-4-3-5-7-13)10-11-15(16)21-17(18)20-2/h3-7,10-12H,1-2H3. The Morgan fingerprint density at radius 2 is 1.62 bits per heavy atom. The van der Waals surface area contributed by atoms with Gasteiger partial charge in [0.2, 0.25) is 0 Å². The highest BCUT2D eigenvalue weighted by Crippen LogP contribution is 2.28. The molecule has 0 heterocycles. The quantitative estimate of drug-likeness (QED) is 0.482. The summed E-state index contributed by atoms with van der Waals surface area (Å²) in [7, 11) is 2.74. The van der Waals surface area contributed by atoms with E-state index in [1.165, 1.54) is 14.2 Å². The normalized spacial score (nSPS) is 9.24. The predicted octanol–water partition coefficient (Wildman–Crippen LogP) is 3.24. The fraction of sp³-hybridized carbons (Fsp3) is 0.118. The van der Waals surface area contributed by atoms with Gasteiger partial charge in [0.05, 0.1) is 14.2 Å². The van der Waals surface area contributed by atoms with Gasteiger partial charge in [0.25, 0.3) is 0 Å². The summed E-state index contributed by atoms with van der Waals surface area (Å²) in [4.78, 5) is 11.1. The van der Waals surface area contributed by atoms with E-state index in [0.29, 0.717) is 5.75 Å². The number of ether oxygens (including phenoxy) is 3. The third kappa shape index (κ3) is 4.02. The van der Waals surface area contributed by atoms with Gasteiger partial charge in [0.15, 0.2) is 11.5 Å². The van der Waals surface area contributed by atoms with Crippen molar-refractivity contribution < 1.29 is 19.0 Å². The van der Waals surface area contributed by atoms with E-state index < -0.39 is 6.16 Å². The maximum Gasteiger partial charge on any atom is 0.513 e. The van der Waals surface area contributed by atoms with E-state index in [9.17, 15) is 4.79 Å². The molecule has 0 atom stereocenters. The van der Waals surface area contributed by atoms with Gasteiger partial charge in [0.1, 0.15) is 0 Å². The molecule has 0 spiro atoms. The average molecular weight is 282 g/mol. The van der Waals surface area contributed by atoms with Gasteiger partial charge in [-0.15, -0.1) is 0 Å². The second-order valence-corrected chi connectivity index (χ2v) is 4.04. The first-order valence-electron chi connectivity index (χ1n) is 6.24. The summed E-state index contributed by atoms with van der Waals surface area (Å²) in [5.74, 6) is 6.78. The minimum Gasteiger partial charge on any atom is -0.493 e. The van der Waals surface area contributed by atoms with Crippen LogP contribution in [0.15, 0.2) is 48.5 Å². The second kappa shape index (κ2) is 7.01. The molecule has 0 aliphatic heterocycles. The van der Waals surface area contributed by atoms with Gasteiger partial charge in [-0.3, -0.25) is 0 Å². The Hall–Kier alpha value is -2.93. The first kappa shape index (κ1) is 14.5. The predicted molar refractivity (Wildman–Crippen MR) is 78.4 cm³/mol. The van der Waals surface area contributed by atoms with Crippen molar-refractivity contribution in [2.24, 2.45) is 0 Å². The summed E-state index contributed by atoms with van der Waals surface area (Å²) < 4.78 is 14.6. The van der Waals surface area contributed by atoms with Crippen LogP contribution in [0.2, 0.25) is 0 Å². The minimum absolute atomic E-state index is 0.287. The summed E-state index contributed by atoms with van der Waals surface area (Å²) in [6, 6.07) is 14.7. The van der Waals surface area contributed by atoms with Gasteiger partial charge in [-0.2, -0.15) is 0 Å². The van der Waals surface area contributed by atoms with E-state index in [4.69, 9.17) is 9.47 Å². The van der Waals surface area contributed by atoms with Crippen LogP contribution in [-0.2, 0) is 4.74 Å². The molecule has 2 rings (SSSR count). The van der Waals surface area contributed by atoms with E-state index >= 15 is 0 Å². The first-order valence-corrected chi connectivity index (χ1v) is 6.24. The fourth-order valence-electron chi connectivity index (χ4n) is 1.63. The van der Waals surface area contributed by atoms with Crippen LogP contribution in [0, 0.1) is 11.8 Å². The summed E-state index contributed by atoms with van der Waals surface area (Å²) >= 11 is 0. The minimum atomic E-state index is -0.795. The second-order valence-electron chi connectivity index (χ2n) is 4.04. The molecule has 0 unspecified atom stereocenters. The molecule has 0 amide bonds. The number of benzene rings is 2. The highest BCUT2D eigenvalue weighted by atomic mass is 16.7. The van der Waals surface area contributed by atoms with Gasteiger partial charge < -0.3 is 14.2 Å². The van der Waals surface area contributed by atoms with Crippen LogP contribution in [0.1, 0.15) is 11.1 Å². The molecular weight excluding hydrogens is 268 g/mol. The van der Waals surface area contributed by atoms with Crippen LogP contribution in [0.5, 0.6) is 11.5 Å². The summed E-state index contributed by atoms with van der Waals surface area (Å²) in [6.07, 6.45) is -0.795. The van der Waals surface area contributed by atoms with Crippen LogP contribution in [0.4, 0.5) is 4.79 Å². The lowest BCUT2D eigenvalue weighted by molar-refractivity contribution is 0.120. The Morgan fingerprint density at radius 1 is 0.905 bits per heavy atom. The Bertz CT molecular complexity index is 681. The maximum atomic E-state index is 11.1.